The summed E-state index contributed by atoms with van der Waals surface area (Å²) in [6.45, 7) is -0.452. The fourth-order valence-electron chi connectivity index (χ4n) is 3.50. The molecule has 1 aromatic carbocycles. The van der Waals surface area contributed by atoms with Crippen molar-refractivity contribution in [1.29, 1.82) is 0 Å². The summed E-state index contributed by atoms with van der Waals surface area (Å²) in [4.78, 5) is 55.2. The average Bonchev–Trinajstić information content (AvgIpc) is 2.86. The molecule has 2 aromatic heterocycles. The standard InChI is InChI=1S/C22H19F2N5O6S/c1-28-18-16(21(33)29(22(28)34)9-11-5-12(23)15(30)13(24)6-11)36-17(20(32)27-18)19(31)26-8-10-3-4-25-14(7-10)35-2/h3-7,17,30H,8-9H2,1-2H3,(H,26,31)(H,27,32). The van der Waals surface area contributed by atoms with Gasteiger partial charge in [0.25, 0.3) is 5.56 Å². The first kappa shape index (κ1) is 24.9. The van der Waals surface area contributed by atoms with Crippen LogP contribution in [0.5, 0.6) is 11.6 Å². The first-order valence-electron chi connectivity index (χ1n) is 10.4. The minimum atomic E-state index is -1.34. The van der Waals surface area contributed by atoms with Gasteiger partial charge in [-0.1, -0.05) is 11.8 Å². The Morgan fingerprint density at radius 1 is 1.22 bits per heavy atom. The van der Waals surface area contributed by atoms with Crippen molar-refractivity contribution in [3.05, 3.63) is 74.1 Å². The number of aromatic nitrogens is 3. The van der Waals surface area contributed by atoms with Gasteiger partial charge in [-0.25, -0.2) is 18.6 Å². The van der Waals surface area contributed by atoms with Gasteiger partial charge in [-0.05, 0) is 29.3 Å². The second-order valence-electron chi connectivity index (χ2n) is 7.73. The number of aromatic hydroxyl groups is 1. The van der Waals surface area contributed by atoms with Crippen molar-refractivity contribution in [2.45, 2.75) is 23.2 Å². The molecule has 1 aliphatic rings. The van der Waals surface area contributed by atoms with Crippen LogP contribution in [-0.4, -0.2) is 43.4 Å². The predicted molar refractivity (Wildman–Crippen MR) is 124 cm³/mol. The molecule has 0 bridgehead atoms. The number of pyridine rings is 1. The number of benzene rings is 1. The molecular formula is C22H19F2N5O6S. The largest absolute Gasteiger partial charge is 0.503 e. The van der Waals surface area contributed by atoms with E-state index in [9.17, 15) is 33.1 Å². The van der Waals surface area contributed by atoms with Crippen LogP contribution in [-0.2, 0) is 29.7 Å². The fourth-order valence-corrected chi connectivity index (χ4v) is 4.60. The monoisotopic (exact) mass is 519 g/mol. The van der Waals surface area contributed by atoms with Crippen LogP contribution in [0.3, 0.4) is 0 Å². The number of methoxy groups -OCH3 is 1. The van der Waals surface area contributed by atoms with Crippen molar-refractivity contribution >= 4 is 29.4 Å². The van der Waals surface area contributed by atoms with Crippen molar-refractivity contribution in [3.8, 4) is 11.6 Å². The van der Waals surface area contributed by atoms with Gasteiger partial charge < -0.3 is 20.5 Å². The quantitative estimate of drug-likeness (QED) is 0.404. The van der Waals surface area contributed by atoms with E-state index < -0.39 is 52.2 Å². The molecule has 0 radical (unpaired) electrons. The number of anilines is 1. The molecule has 11 nitrogen and oxygen atoms in total. The van der Waals surface area contributed by atoms with E-state index in [1.54, 1.807) is 12.1 Å². The number of fused-ring (bicyclic) bond motifs is 1. The molecule has 0 fully saturated rings. The minimum absolute atomic E-state index is 0.0599. The number of carbonyl (C=O) groups is 2. The van der Waals surface area contributed by atoms with Gasteiger partial charge in [0.2, 0.25) is 17.7 Å². The molecule has 0 spiro atoms. The van der Waals surface area contributed by atoms with Crippen LogP contribution in [0.4, 0.5) is 14.6 Å². The van der Waals surface area contributed by atoms with Crippen LogP contribution >= 0.6 is 11.8 Å². The van der Waals surface area contributed by atoms with Gasteiger partial charge in [-0.3, -0.25) is 23.5 Å². The molecule has 0 saturated heterocycles. The zero-order chi connectivity index (χ0) is 26.1. The van der Waals surface area contributed by atoms with E-state index in [1.807, 2.05) is 0 Å². The van der Waals surface area contributed by atoms with E-state index in [2.05, 4.69) is 15.6 Å². The maximum atomic E-state index is 13.8. The highest BCUT2D eigenvalue weighted by molar-refractivity contribution is 8.01. The number of hydrogen-bond acceptors (Lipinski definition) is 8. The number of rotatable bonds is 6. The Balaban J connectivity index is 1.61. The van der Waals surface area contributed by atoms with Gasteiger partial charge in [0.15, 0.2) is 22.6 Å². The second-order valence-corrected chi connectivity index (χ2v) is 8.85. The smallest absolute Gasteiger partial charge is 0.332 e. The number of nitrogens with one attached hydrogen (secondary N) is 2. The number of amides is 2. The van der Waals surface area contributed by atoms with E-state index in [-0.39, 0.29) is 22.8 Å². The average molecular weight is 519 g/mol. The highest BCUT2D eigenvalue weighted by Crippen LogP contribution is 2.32. The number of halogens is 2. The van der Waals surface area contributed by atoms with Crippen LogP contribution in [0.15, 0.2) is 44.9 Å². The summed E-state index contributed by atoms with van der Waals surface area (Å²) in [5, 5.41) is 13.0. The number of phenolic OH excluding ortho intramolecular Hbond substituents is 1. The van der Waals surface area contributed by atoms with E-state index in [0.29, 0.717) is 27.8 Å². The van der Waals surface area contributed by atoms with Crippen LogP contribution in [0.1, 0.15) is 11.1 Å². The van der Waals surface area contributed by atoms with Gasteiger partial charge in [0, 0.05) is 25.9 Å². The SMILES string of the molecule is COc1cc(CNC(=O)C2Sc3c(n(C)c(=O)n(Cc4cc(F)c(O)c(F)c4)c3=O)NC2=O)ccn1. The lowest BCUT2D eigenvalue weighted by molar-refractivity contribution is -0.126. The van der Waals surface area contributed by atoms with E-state index >= 15 is 0 Å². The Morgan fingerprint density at radius 2 is 1.92 bits per heavy atom. The van der Waals surface area contributed by atoms with Crippen molar-refractivity contribution in [2.75, 3.05) is 12.4 Å². The lowest BCUT2D eigenvalue weighted by Crippen LogP contribution is -2.48. The van der Waals surface area contributed by atoms with Crippen molar-refractivity contribution < 1.29 is 28.2 Å². The highest BCUT2D eigenvalue weighted by atomic mass is 32.2. The van der Waals surface area contributed by atoms with Crippen LogP contribution in [0.25, 0.3) is 0 Å². The van der Waals surface area contributed by atoms with Crippen molar-refractivity contribution in [3.63, 3.8) is 0 Å². The minimum Gasteiger partial charge on any atom is -0.503 e. The van der Waals surface area contributed by atoms with Crippen molar-refractivity contribution in [2.24, 2.45) is 7.05 Å². The summed E-state index contributed by atoms with van der Waals surface area (Å²) in [6.07, 6.45) is 1.49. The van der Waals surface area contributed by atoms with Gasteiger partial charge >= 0.3 is 5.69 Å². The summed E-state index contributed by atoms with van der Waals surface area (Å²) >= 11 is 0.657. The highest BCUT2D eigenvalue weighted by Gasteiger charge is 2.36. The molecule has 1 unspecified atom stereocenters. The summed E-state index contributed by atoms with van der Waals surface area (Å²) in [7, 11) is 2.74. The molecule has 14 heteroatoms. The fraction of sp³-hybridized carbons (Fsp3) is 0.227. The summed E-state index contributed by atoms with van der Waals surface area (Å²) < 4.78 is 34.2. The summed E-state index contributed by atoms with van der Waals surface area (Å²) in [5.41, 5.74) is -1.14. The lowest BCUT2D eigenvalue weighted by atomic mass is 10.2. The molecular weight excluding hydrogens is 500 g/mol. The first-order valence-corrected chi connectivity index (χ1v) is 11.2. The predicted octanol–water partition coefficient (Wildman–Crippen LogP) is 0.712. The number of phenols is 1. The molecule has 2 amide bonds. The first-order chi connectivity index (χ1) is 17.1. The molecule has 3 N–H and O–H groups in total. The molecule has 36 heavy (non-hydrogen) atoms. The van der Waals surface area contributed by atoms with Gasteiger partial charge in [-0.2, -0.15) is 0 Å². The number of ether oxygens (including phenoxy) is 1. The maximum absolute atomic E-state index is 13.8. The normalized spacial score (nSPS) is 14.7. The van der Waals surface area contributed by atoms with Gasteiger partial charge in [0.1, 0.15) is 10.7 Å². The molecule has 4 rings (SSSR count). The third-order valence-corrected chi connectivity index (χ3v) is 6.62. The van der Waals surface area contributed by atoms with E-state index in [0.717, 1.165) is 16.7 Å². The molecule has 188 valence electrons. The third kappa shape index (κ3) is 4.66. The second kappa shape index (κ2) is 9.81. The Kier molecular flexibility index (Phi) is 6.79. The Morgan fingerprint density at radius 3 is 2.58 bits per heavy atom. The summed E-state index contributed by atoms with van der Waals surface area (Å²) in [5.74, 6) is -4.84. The number of thioether (sulfide) groups is 1. The zero-order valence-electron chi connectivity index (χ0n) is 18.9. The number of hydrogen-bond donors (Lipinski definition) is 3. The Hall–Kier alpha value is -4.20. The van der Waals surface area contributed by atoms with Gasteiger partial charge in [-0.15, -0.1) is 0 Å². The molecule has 0 aliphatic carbocycles. The molecule has 1 atom stereocenters. The Bertz CT molecular complexity index is 1480. The maximum Gasteiger partial charge on any atom is 0.332 e. The Labute approximate surface area is 205 Å². The summed E-state index contributed by atoms with van der Waals surface area (Å²) in [6, 6.07) is 4.84. The third-order valence-electron chi connectivity index (χ3n) is 5.35. The van der Waals surface area contributed by atoms with Crippen LogP contribution in [0.2, 0.25) is 0 Å². The van der Waals surface area contributed by atoms with Crippen LogP contribution < -0.4 is 26.6 Å². The van der Waals surface area contributed by atoms with E-state index in [4.69, 9.17) is 4.74 Å². The molecule has 3 heterocycles. The van der Waals surface area contributed by atoms with E-state index in [1.165, 1.54) is 20.4 Å². The topological polar surface area (TPSA) is 145 Å². The van der Waals surface area contributed by atoms with Gasteiger partial charge in [0.05, 0.1) is 13.7 Å². The molecule has 0 saturated carbocycles. The zero-order valence-corrected chi connectivity index (χ0v) is 19.7. The van der Waals surface area contributed by atoms with Crippen molar-refractivity contribution in [1.82, 2.24) is 19.4 Å². The number of nitrogens with zero attached hydrogens (tertiary/aromatic N) is 3. The lowest BCUT2D eigenvalue weighted by Gasteiger charge is -2.25. The molecule has 3 aromatic rings. The molecule has 1 aliphatic heterocycles. The van der Waals surface area contributed by atoms with Crippen LogP contribution in [0, 0.1) is 11.6 Å². The number of carbonyl (C=O) groups excluding carboxylic acids is 2.